The van der Waals surface area contributed by atoms with Gasteiger partial charge in [0.15, 0.2) is 0 Å². The Hall–Kier alpha value is -2.66. The van der Waals surface area contributed by atoms with Gasteiger partial charge in [-0.05, 0) is 81.0 Å². The topological polar surface area (TPSA) is 48.1 Å². The maximum atomic E-state index is 13.2. The van der Waals surface area contributed by atoms with Crippen LogP contribution in [0.15, 0.2) is 42.5 Å². The fraction of sp³-hybridized carbons (Fsp3) is 0.400. The molecule has 0 radical (unpaired) electrons. The van der Waals surface area contributed by atoms with Crippen molar-refractivity contribution in [1.29, 1.82) is 0 Å². The minimum atomic E-state index is -0.280. The number of nitrogens with one attached hydrogen (secondary N) is 2. The number of piperidine rings is 1. The maximum Gasteiger partial charge on any atom is 0.224 e. The van der Waals surface area contributed by atoms with Crippen LogP contribution in [0.3, 0.4) is 0 Å². The van der Waals surface area contributed by atoms with E-state index in [2.05, 4.69) is 46.4 Å². The molecule has 4 rings (SSSR count). The molecule has 158 valence electrons. The highest BCUT2D eigenvalue weighted by molar-refractivity contribution is 5.91. The van der Waals surface area contributed by atoms with E-state index in [1.54, 1.807) is 6.07 Å². The number of aryl methyl sites for hydroxylation is 2. The number of aromatic nitrogens is 1. The molecule has 0 bridgehead atoms. The van der Waals surface area contributed by atoms with Crippen LogP contribution in [0.1, 0.15) is 42.5 Å². The van der Waals surface area contributed by atoms with Gasteiger partial charge in [0, 0.05) is 41.8 Å². The van der Waals surface area contributed by atoms with Crippen molar-refractivity contribution in [3.05, 3.63) is 65.1 Å². The number of likely N-dealkylation sites (tertiary alicyclic amines) is 1. The van der Waals surface area contributed by atoms with Gasteiger partial charge in [0.25, 0.3) is 0 Å². The summed E-state index contributed by atoms with van der Waals surface area (Å²) < 4.78 is 13.2. The fourth-order valence-corrected chi connectivity index (χ4v) is 4.57. The number of H-pyrrole nitrogens is 1. The summed E-state index contributed by atoms with van der Waals surface area (Å²) in [4.78, 5) is 18.5. The molecule has 30 heavy (non-hydrogen) atoms. The van der Waals surface area contributed by atoms with Crippen LogP contribution in [0.4, 0.5) is 10.1 Å². The molecule has 1 fully saturated rings. The number of benzene rings is 2. The number of anilines is 1. The zero-order chi connectivity index (χ0) is 21.1. The van der Waals surface area contributed by atoms with E-state index >= 15 is 0 Å². The van der Waals surface area contributed by atoms with Crippen LogP contribution in [0.25, 0.3) is 10.9 Å². The summed E-state index contributed by atoms with van der Waals surface area (Å²) in [5.74, 6) is 0.259. The molecule has 0 aliphatic carbocycles. The monoisotopic (exact) mass is 407 g/mol. The summed E-state index contributed by atoms with van der Waals surface area (Å²) in [6, 6.07) is 12.9. The lowest BCUT2D eigenvalue weighted by molar-refractivity contribution is -0.116. The molecule has 5 heteroatoms. The highest BCUT2D eigenvalue weighted by atomic mass is 19.1. The van der Waals surface area contributed by atoms with Crippen LogP contribution in [0, 0.1) is 25.6 Å². The number of nitrogens with zero attached hydrogens (tertiary/aromatic N) is 1. The van der Waals surface area contributed by atoms with Crippen molar-refractivity contribution >= 4 is 22.5 Å². The lowest BCUT2D eigenvalue weighted by Gasteiger charge is -2.32. The molecule has 1 amide bonds. The number of aromatic amines is 1. The molecular formula is C25H30FN3O. The normalized spacial score (nSPS) is 17.4. The molecule has 4 nitrogen and oxygen atoms in total. The van der Waals surface area contributed by atoms with Crippen molar-refractivity contribution in [1.82, 2.24) is 9.88 Å². The molecule has 2 aromatic carbocycles. The third kappa shape index (κ3) is 4.73. The quantitative estimate of drug-likeness (QED) is 0.562. The van der Waals surface area contributed by atoms with Gasteiger partial charge in [-0.1, -0.05) is 18.2 Å². The number of hydrogen-bond acceptors (Lipinski definition) is 2. The van der Waals surface area contributed by atoms with E-state index in [4.69, 9.17) is 0 Å². The van der Waals surface area contributed by atoms with E-state index < -0.39 is 0 Å². The summed E-state index contributed by atoms with van der Waals surface area (Å²) in [6.45, 7) is 7.06. The second-order valence-corrected chi connectivity index (χ2v) is 8.56. The molecular weight excluding hydrogens is 377 g/mol. The number of carbonyl (C=O) groups excluding carboxylic acids is 1. The lowest BCUT2D eigenvalue weighted by atomic mass is 9.93. The van der Waals surface area contributed by atoms with Gasteiger partial charge in [-0.3, -0.25) is 9.69 Å². The summed E-state index contributed by atoms with van der Waals surface area (Å²) in [7, 11) is 0. The van der Waals surface area contributed by atoms with E-state index in [1.165, 1.54) is 47.1 Å². The summed E-state index contributed by atoms with van der Waals surface area (Å²) >= 11 is 0. The maximum absolute atomic E-state index is 13.2. The van der Waals surface area contributed by atoms with Crippen LogP contribution >= 0.6 is 0 Å². The van der Waals surface area contributed by atoms with Gasteiger partial charge >= 0.3 is 0 Å². The Bertz CT molecular complexity index is 1040. The molecule has 1 saturated heterocycles. The van der Waals surface area contributed by atoms with Crippen molar-refractivity contribution in [2.75, 3.05) is 18.4 Å². The number of halogens is 1. The molecule has 0 spiro atoms. The Balaban J connectivity index is 1.30. The second-order valence-electron chi connectivity index (χ2n) is 8.56. The minimum Gasteiger partial charge on any atom is -0.357 e. The van der Waals surface area contributed by atoms with E-state index in [0.717, 1.165) is 31.6 Å². The Kier molecular flexibility index (Phi) is 6.18. The average Bonchev–Trinajstić information content (AvgIpc) is 3.04. The number of hydrogen-bond donors (Lipinski definition) is 2. The highest BCUT2D eigenvalue weighted by Crippen LogP contribution is 2.26. The van der Waals surface area contributed by atoms with Gasteiger partial charge in [0.05, 0.1) is 0 Å². The first-order valence-corrected chi connectivity index (χ1v) is 10.8. The molecule has 0 unspecified atom stereocenters. The van der Waals surface area contributed by atoms with E-state index in [9.17, 15) is 9.18 Å². The first-order chi connectivity index (χ1) is 14.5. The average molecular weight is 408 g/mol. The molecule has 2 N–H and O–H groups in total. The summed E-state index contributed by atoms with van der Waals surface area (Å²) in [5.41, 5.74) is 5.27. The van der Waals surface area contributed by atoms with Gasteiger partial charge in [-0.25, -0.2) is 4.39 Å². The molecule has 3 aromatic rings. The first kappa shape index (κ1) is 20.6. The van der Waals surface area contributed by atoms with Gasteiger partial charge < -0.3 is 10.3 Å². The van der Waals surface area contributed by atoms with Crippen molar-refractivity contribution in [3.8, 4) is 0 Å². The molecule has 1 aliphatic rings. The number of amides is 1. The van der Waals surface area contributed by atoms with Crippen molar-refractivity contribution < 1.29 is 9.18 Å². The zero-order valence-corrected chi connectivity index (χ0v) is 17.8. The van der Waals surface area contributed by atoms with Crippen LogP contribution < -0.4 is 5.32 Å². The predicted molar refractivity (Wildman–Crippen MR) is 120 cm³/mol. The lowest BCUT2D eigenvalue weighted by Crippen LogP contribution is -2.35. The van der Waals surface area contributed by atoms with Crippen LogP contribution in [0.2, 0.25) is 0 Å². The first-order valence-electron chi connectivity index (χ1n) is 10.8. The Morgan fingerprint density at radius 2 is 2.07 bits per heavy atom. The molecule has 2 heterocycles. The van der Waals surface area contributed by atoms with Crippen LogP contribution in [0.5, 0.6) is 0 Å². The third-order valence-electron chi connectivity index (χ3n) is 6.30. The van der Waals surface area contributed by atoms with E-state index in [-0.39, 0.29) is 11.7 Å². The van der Waals surface area contributed by atoms with E-state index in [1.807, 2.05) is 6.92 Å². The SMILES string of the molecule is Cc1cc(F)ccc1NC(=O)CC[C@H]1CCCN(Cc2[nH]c3ccccc3c2C)C1. The number of carbonyl (C=O) groups is 1. The Morgan fingerprint density at radius 1 is 1.23 bits per heavy atom. The van der Waals surface area contributed by atoms with Gasteiger partial charge in [0.2, 0.25) is 5.91 Å². The van der Waals surface area contributed by atoms with E-state index in [0.29, 0.717) is 18.0 Å². The summed E-state index contributed by atoms with van der Waals surface area (Å²) in [5, 5.41) is 4.23. The van der Waals surface area contributed by atoms with Crippen molar-refractivity contribution in [2.45, 2.75) is 46.1 Å². The third-order valence-corrected chi connectivity index (χ3v) is 6.30. The van der Waals surface area contributed by atoms with Crippen LogP contribution in [-0.4, -0.2) is 28.9 Å². The second kappa shape index (κ2) is 9.00. The largest absolute Gasteiger partial charge is 0.357 e. The van der Waals surface area contributed by atoms with Crippen molar-refractivity contribution in [2.24, 2.45) is 5.92 Å². The number of para-hydroxylation sites is 1. The standard InChI is InChI=1S/C25H30FN3O/c1-17-14-20(26)10-11-22(17)28-25(30)12-9-19-6-5-13-29(15-19)16-24-18(2)21-7-3-4-8-23(21)27-24/h3-4,7-8,10-11,14,19,27H,5-6,9,12-13,15-16H2,1-2H3,(H,28,30)/t19-/m1/s1. The number of fused-ring (bicyclic) bond motifs is 1. The van der Waals surface area contributed by atoms with Crippen LogP contribution in [-0.2, 0) is 11.3 Å². The molecule has 1 aliphatic heterocycles. The number of rotatable bonds is 6. The Labute approximate surface area is 177 Å². The minimum absolute atomic E-state index is 0.00768. The summed E-state index contributed by atoms with van der Waals surface area (Å²) in [6.07, 6.45) is 3.72. The smallest absolute Gasteiger partial charge is 0.224 e. The predicted octanol–water partition coefficient (Wildman–Crippen LogP) is 5.55. The molecule has 1 aromatic heterocycles. The van der Waals surface area contributed by atoms with Gasteiger partial charge in [0.1, 0.15) is 5.82 Å². The highest BCUT2D eigenvalue weighted by Gasteiger charge is 2.22. The Morgan fingerprint density at radius 3 is 2.87 bits per heavy atom. The fourth-order valence-electron chi connectivity index (χ4n) is 4.57. The van der Waals surface area contributed by atoms with Crippen molar-refractivity contribution in [3.63, 3.8) is 0 Å². The van der Waals surface area contributed by atoms with Gasteiger partial charge in [-0.2, -0.15) is 0 Å². The molecule has 0 saturated carbocycles. The molecule has 1 atom stereocenters. The zero-order valence-electron chi connectivity index (χ0n) is 17.8. The van der Waals surface area contributed by atoms with Gasteiger partial charge in [-0.15, -0.1) is 0 Å².